The van der Waals surface area contributed by atoms with Crippen molar-refractivity contribution in [3.05, 3.63) is 18.1 Å². The van der Waals surface area contributed by atoms with Crippen LogP contribution in [-0.4, -0.2) is 52.9 Å². The SMILES string of the molecule is CCC(=O)N1CCN(c2ccnc(C(=O)[O-])n2)CC1.[Na+]. The van der Waals surface area contributed by atoms with Gasteiger partial charge in [-0.15, -0.1) is 0 Å². The predicted octanol–water partition coefficient (Wildman–Crippen LogP) is -4.10. The number of carboxylic acids is 1. The average Bonchev–Trinajstić information content (AvgIpc) is 2.46. The first-order valence-electron chi connectivity index (χ1n) is 6.19. The zero-order valence-corrected chi connectivity index (χ0v) is 13.7. The van der Waals surface area contributed by atoms with E-state index in [1.54, 1.807) is 11.0 Å². The van der Waals surface area contributed by atoms with E-state index in [1.165, 1.54) is 6.20 Å². The number of rotatable bonds is 3. The number of hydrogen-bond donors (Lipinski definition) is 0. The molecular formula is C12H15N4NaO3. The van der Waals surface area contributed by atoms with E-state index < -0.39 is 5.97 Å². The van der Waals surface area contributed by atoms with Crippen LogP contribution < -0.4 is 39.6 Å². The van der Waals surface area contributed by atoms with E-state index in [0.29, 0.717) is 38.4 Å². The first kappa shape index (κ1) is 16.9. The van der Waals surface area contributed by atoms with Gasteiger partial charge in [0, 0.05) is 38.8 Å². The molecule has 8 heteroatoms. The molecule has 7 nitrogen and oxygen atoms in total. The quantitative estimate of drug-likeness (QED) is 0.525. The van der Waals surface area contributed by atoms with E-state index in [1.807, 2.05) is 11.8 Å². The predicted molar refractivity (Wildman–Crippen MR) is 65.4 cm³/mol. The first-order valence-corrected chi connectivity index (χ1v) is 6.19. The minimum Gasteiger partial charge on any atom is -0.542 e. The van der Waals surface area contributed by atoms with Crippen LogP contribution in [0.15, 0.2) is 12.3 Å². The van der Waals surface area contributed by atoms with E-state index in [2.05, 4.69) is 9.97 Å². The molecule has 1 saturated heterocycles. The molecule has 1 aromatic heterocycles. The summed E-state index contributed by atoms with van der Waals surface area (Å²) in [7, 11) is 0. The van der Waals surface area contributed by atoms with Crippen LogP contribution in [0.4, 0.5) is 5.82 Å². The van der Waals surface area contributed by atoms with Crippen LogP contribution >= 0.6 is 0 Å². The second kappa shape index (κ2) is 7.56. The third-order valence-electron chi connectivity index (χ3n) is 3.08. The number of aromatic carboxylic acids is 1. The fourth-order valence-electron chi connectivity index (χ4n) is 2.03. The Bertz CT molecular complexity index is 489. The van der Waals surface area contributed by atoms with Gasteiger partial charge in [0.1, 0.15) is 11.8 Å². The number of aromatic nitrogens is 2. The molecule has 0 saturated carbocycles. The van der Waals surface area contributed by atoms with Gasteiger partial charge in [-0.2, -0.15) is 0 Å². The average molecular weight is 286 g/mol. The van der Waals surface area contributed by atoms with Gasteiger partial charge in [0.2, 0.25) is 5.91 Å². The molecule has 0 aromatic carbocycles. The molecule has 0 unspecified atom stereocenters. The molecule has 0 atom stereocenters. The molecule has 0 N–H and O–H groups in total. The van der Waals surface area contributed by atoms with E-state index >= 15 is 0 Å². The van der Waals surface area contributed by atoms with Crippen LogP contribution in [0, 0.1) is 0 Å². The Labute approximate surface area is 139 Å². The van der Waals surface area contributed by atoms with Crippen molar-refractivity contribution < 1.29 is 44.3 Å². The van der Waals surface area contributed by atoms with E-state index in [4.69, 9.17) is 0 Å². The number of carboxylic acid groups (broad SMARTS) is 1. The molecule has 0 bridgehead atoms. The maximum atomic E-state index is 11.5. The maximum absolute atomic E-state index is 11.5. The number of piperazine rings is 1. The monoisotopic (exact) mass is 286 g/mol. The topological polar surface area (TPSA) is 89.5 Å². The Balaban J connectivity index is 0.00000200. The van der Waals surface area contributed by atoms with Crippen molar-refractivity contribution in [3.8, 4) is 0 Å². The van der Waals surface area contributed by atoms with E-state index in [-0.39, 0.29) is 41.3 Å². The van der Waals surface area contributed by atoms with Crippen molar-refractivity contribution in [2.24, 2.45) is 0 Å². The summed E-state index contributed by atoms with van der Waals surface area (Å²) in [5.74, 6) is -1.01. The summed E-state index contributed by atoms with van der Waals surface area (Å²) in [5.41, 5.74) is 0. The molecule has 1 aliphatic rings. The normalized spacial score (nSPS) is 14.7. The number of anilines is 1. The third-order valence-corrected chi connectivity index (χ3v) is 3.08. The van der Waals surface area contributed by atoms with Gasteiger partial charge in [0.05, 0.1) is 0 Å². The smallest absolute Gasteiger partial charge is 0.542 e. The van der Waals surface area contributed by atoms with Crippen molar-refractivity contribution in [1.29, 1.82) is 0 Å². The van der Waals surface area contributed by atoms with Crippen LogP contribution in [-0.2, 0) is 4.79 Å². The summed E-state index contributed by atoms with van der Waals surface area (Å²) in [6.07, 6.45) is 1.90. The molecule has 1 aromatic rings. The van der Waals surface area contributed by atoms with Gasteiger partial charge in [-0.1, -0.05) is 6.92 Å². The Morgan fingerprint density at radius 3 is 2.50 bits per heavy atom. The summed E-state index contributed by atoms with van der Waals surface area (Å²) in [6, 6.07) is 1.66. The van der Waals surface area contributed by atoms with Gasteiger partial charge in [-0.3, -0.25) is 4.79 Å². The maximum Gasteiger partial charge on any atom is 1.00 e. The number of hydrogen-bond acceptors (Lipinski definition) is 6. The minimum absolute atomic E-state index is 0. The second-order valence-electron chi connectivity index (χ2n) is 4.25. The molecule has 0 spiro atoms. The molecule has 2 rings (SSSR count). The van der Waals surface area contributed by atoms with Gasteiger partial charge in [-0.25, -0.2) is 9.97 Å². The van der Waals surface area contributed by atoms with Crippen LogP contribution in [0.5, 0.6) is 0 Å². The Kier molecular flexibility index (Phi) is 6.38. The van der Waals surface area contributed by atoms with Crippen molar-refractivity contribution >= 4 is 17.7 Å². The summed E-state index contributed by atoms with van der Waals surface area (Å²) in [6.45, 7) is 4.35. The van der Waals surface area contributed by atoms with Crippen molar-refractivity contribution in [1.82, 2.24) is 14.9 Å². The Morgan fingerprint density at radius 1 is 1.30 bits per heavy atom. The number of carbonyl (C=O) groups is 2. The summed E-state index contributed by atoms with van der Waals surface area (Å²) in [5, 5.41) is 10.7. The fraction of sp³-hybridized carbons (Fsp3) is 0.500. The van der Waals surface area contributed by atoms with Crippen LogP contribution in [0.1, 0.15) is 24.0 Å². The largest absolute Gasteiger partial charge is 1.00 e. The standard InChI is InChI=1S/C12H16N4O3.Na/c1-2-10(17)16-7-5-15(6-8-16)9-3-4-13-11(14-9)12(18)19;/h3-4H,2,5-8H2,1H3,(H,18,19);/q;+1/p-1. The van der Waals surface area contributed by atoms with Crippen molar-refractivity contribution in [2.45, 2.75) is 13.3 Å². The van der Waals surface area contributed by atoms with E-state index in [0.717, 1.165) is 0 Å². The number of amides is 1. The van der Waals surface area contributed by atoms with Gasteiger partial charge in [0.25, 0.3) is 0 Å². The van der Waals surface area contributed by atoms with Crippen molar-refractivity contribution in [3.63, 3.8) is 0 Å². The molecule has 1 aliphatic heterocycles. The Morgan fingerprint density at radius 2 is 1.95 bits per heavy atom. The van der Waals surface area contributed by atoms with Crippen LogP contribution in [0.3, 0.4) is 0 Å². The van der Waals surface area contributed by atoms with Gasteiger partial charge < -0.3 is 19.7 Å². The zero-order chi connectivity index (χ0) is 13.8. The second-order valence-corrected chi connectivity index (χ2v) is 4.25. The third kappa shape index (κ3) is 3.91. The molecule has 1 fully saturated rings. The number of carbonyl (C=O) groups excluding carboxylic acids is 2. The van der Waals surface area contributed by atoms with Crippen LogP contribution in [0.2, 0.25) is 0 Å². The minimum atomic E-state index is -1.39. The van der Waals surface area contributed by atoms with Crippen molar-refractivity contribution in [2.75, 3.05) is 31.1 Å². The summed E-state index contributed by atoms with van der Waals surface area (Å²) < 4.78 is 0. The molecular weight excluding hydrogens is 271 g/mol. The van der Waals surface area contributed by atoms with Crippen LogP contribution in [0.25, 0.3) is 0 Å². The summed E-state index contributed by atoms with van der Waals surface area (Å²) >= 11 is 0. The number of nitrogens with zero attached hydrogens (tertiary/aromatic N) is 4. The van der Waals surface area contributed by atoms with Gasteiger partial charge >= 0.3 is 29.6 Å². The fourth-order valence-corrected chi connectivity index (χ4v) is 2.03. The first-order chi connectivity index (χ1) is 9.11. The summed E-state index contributed by atoms with van der Waals surface area (Å²) in [4.78, 5) is 33.6. The van der Waals surface area contributed by atoms with E-state index in [9.17, 15) is 14.7 Å². The Hall–Kier alpha value is -1.18. The molecule has 20 heavy (non-hydrogen) atoms. The zero-order valence-electron chi connectivity index (χ0n) is 11.7. The molecule has 0 aliphatic carbocycles. The molecule has 0 radical (unpaired) electrons. The van der Waals surface area contributed by atoms with Gasteiger partial charge in [0.15, 0.2) is 5.82 Å². The molecule has 1 amide bonds. The molecule has 102 valence electrons. The van der Waals surface area contributed by atoms with Gasteiger partial charge in [-0.05, 0) is 6.07 Å². The molecule has 2 heterocycles.